The van der Waals surface area contributed by atoms with Crippen LogP contribution in [0.15, 0.2) is 23.0 Å². The highest BCUT2D eigenvalue weighted by Crippen LogP contribution is 2.35. The third kappa shape index (κ3) is 10.7. The number of primary amides is 1. The Bertz CT molecular complexity index is 2080. The van der Waals surface area contributed by atoms with Crippen molar-refractivity contribution in [1.29, 1.82) is 0 Å². The summed E-state index contributed by atoms with van der Waals surface area (Å²) in [4.78, 5) is 107. The quantitative estimate of drug-likeness (QED) is 0.177. The number of amides is 6. The van der Waals surface area contributed by atoms with Crippen LogP contribution in [0.3, 0.4) is 0 Å². The summed E-state index contributed by atoms with van der Waals surface area (Å²) in [6.45, 7) is 5.18. The van der Waals surface area contributed by atoms with Crippen molar-refractivity contribution in [3.63, 3.8) is 0 Å². The van der Waals surface area contributed by atoms with Crippen LogP contribution in [0, 0.1) is 11.8 Å². The molecule has 4 aliphatic rings. The SMILES string of the molecule is Cn1c(=O)n(C2CCC(O)NC2=O)c2ccc(C[C@H]3CC[C@H](CC(=O)N4CC[C@H]5CC[C@@H](C(=O)N[C@@H](CCC(N)=O)C(=O)O)N5C(=O)[C@@H](NC(=O)OC(C)(C)C)C4)CC3)cc21. The lowest BCUT2D eigenvalue weighted by Crippen LogP contribution is -2.62. The van der Waals surface area contributed by atoms with Gasteiger partial charge >= 0.3 is 17.8 Å². The van der Waals surface area contributed by atoms with Gasteiger partial charge in [0, 0.05) is 32.5 Å². The fraction of sp³-hybridized carbons (Fsp3) is 0.667. The molecule has 6 amide bonds. The number of nitrogens with one attached hydrogen (secondary N) is 3. The minimum Gasteiger partial charge on any atom is -0.480 e. The van der Waals surface area contributed by atoms with Crippen molar-refractivity contribution >= 4 is 52.6 Å². The number of carboxylic acids is 1. The van der Waals surface area contributed by atoms with Gasteiger partial charge in [0.25, 0.3) is 0 Å². The van der Waals surface area contributed by atoms with E-state index in [2.05, 4.69) is 16.0 Å². The normalized spacial score (nSPS) is 26.4. The number of piperidine rings is 1. The lowest BCUT2D eigenvalue weighted by Gasteiger charge is -2.39. The number of carboxylic acid groups (broad SMARTS) is 1. The van der Waals surface area contributed by atoms with Gasteiger partial charge < -0.3 is 46.4 Å². The molecule has 1 saturated carbocycles. The van der Waals surface area contributed by atoms with Crippen LogP contribution in [-0.4, -0.2) is 120 Å². The fourth-order valence-electron chi connectivity index (χ4n) is 9.44. The molecule has 3 aliphatic heterocycles. The van der Waals surface area contributed by atoms with E-state index in [0.717, 1.165) is 43.2 Å². The van der Waals surface area contributed by atoms with Crippen LogP contribution >= 0.6 is 0 Å². The molecule has 19 nitrogen and oxygen atoms in total. The van der Waals surface area contributed by atoms with E-state index in [-0.39, 0.29) is 62.2 Å². The van der Waals surface area contributed by atoms with Gasteiger partial charge in [0.15, 0.2) is 0 Å². The number of aryl methyl sites for hydroxylation is 1. The molecule has 1 aromatic carbocycles. The summed E-state index contributed by atoms with van der Waals surface area (Å²) in [5.74, 6) is -3.36. The van der Waals surface area contributed by atoms with Gasteiger partial charge in [-0.1, -0.05) is 6.07 Å². The number of fused-ring (bicyclic) bond motifs is 2. The first-order chi connectivity index (χ1) is 28.8. The number of alkyl carbamates (subject to hydrolysis) is 1. The van der Waals surface area contributed by atoms with Gasteiger partial charge in [-0.15, -0.1) is 0 Å². The summed E-state index contributed by atoms with van der Waals surface area (Å²) in [6, 6.07) is 1.08. The molecule has 4 heterocycles. The summed E-state index contributed by atoms with van der Waals surface area (Å²) in [5, 5.41) is 27.1. The van der Waals surface area contributed by atoms with Crippen LogP contribution < -0.4 is 27.4 Å². The fourth-order valence-corrected chi connectivity index (χ4v) is 9.44. The molecular formula is C42H60N8O11. The third-order valence-electron chi connectivity index (χ3n) is 12.6. The maximum atomic E-state index is 14.3. The van der Waals surface area contributed by atoms with E-state index in [1.54, 1.807) is 37.3 Å². The largest absolute Gasteiger partial charge is 0.480 e. The summed E-state index contributed by atoms with van der Waals surface area (Å²) in [6.07, 6.45) is 4.03. The lowest BCUT2D eigenvalue weighted by molar-refractivity contribution is -0.147. The summed E-state index contributed by atoms with van der Waals surface area (Å²) >= 11 is 0. The zero-order valence-corrected chi connectivity index (χ0v) is 35.4. The van der Waals surface area contributed by atoms with Gasteiger partial charge in [0.1, 0.15) is 36.0 Å². The van der Waals surface area contributed by atoms with Crippen molar-refractivity contribution in [2.24, 2.45) is 24.6 Å². The van der Waals surface area contributed by atoms with E-state index in [0.29, 0.717) is 37.1 Å². The predicted octanol–water partition coefficient (Wildman–Crippen LogP) is 1.17. The zero-order chi connectivity index (χ0) is 44.3. The maximum Gasteiger partial charge on any atom is 0.408 e. The second kappa shape index (κ2) is 18.7. The Labute approximate surface area is 353 Å². The van der Waals surface area contributed by atoms with Crippen LogP contribution in [-0.2, 0) is 47.0 Å². The molecule has 1 aromatic heterocycles. The number of aliphatic hydroxyl groups excluding tert-OH is 1. The zero-order valence-electron chi connectivity index (χ0n) is 35.4. The molecule has 4 fully saturated rings. The highest BCUT2D eigenvalue weighted by atomic mass is 16.6. The van der Waals surface area contributed by atoms with Crippen molar-refractivity contribution in [3.05, 3.63) is 34.2 Å². The van der Waals surface area contributed by atoms with E-state index >= 15 is 0 Å². The summed E-state index contributed by atoms with van der Waals surface area (Å²) in [7, 11) is 1.69. The van der Waals surface area contributed by atoms with E-state index < -0.39 is 71.8 Å². The van der Waals surface area contributed by atoms with Crippen molar-refractivity contribution < 1.29 is 48.5 Å². The Kier molecular flexibility index (Phi) is 13.8. The predicted molar refractivity (Wildman–Crippen MR) is 219 cm³/mol. The number of rotatable bonds is 12. The van der Waals surface area contributed by atoms with Crippen LogP contribution in [0.25, 0.3) is 11.0 Å². The van der Waals surface area contributed by atoms with Gasteiger partial charge in [0.2, 0.25) is 29.5 Å². The molecule has 0 bridgehead atoms. The molecule has 6 rings (SSSR count). The standard InChI is InChI=1S/C42H60N8O11/c1-42(2,3)61-40(59)45-28-22-48(18-17-26-10-13-30(49(26)38(28)56)36(54)44-27(39(57)58)11-15-33(43)51)35(53)21-24-7-5-23(6-8-24)19-25-9-12-29-32(20-25)47(4)41(60)50(29)31-14-16-34(52)46-37(31)55/h9,12,20,23-24,26-28,30-31,34,52H,5-8,10-11,13-19,21-22H2,1-4H3,(H2,43,51)(H,44,54)(H,45,59)(H,46,55)(H,57,58)/t23-,24-,26-,27+,28+,30+,31?,34?/m1/s1. The first-order valence-electron chi connectivity index (χ1n) is 21.4. The number of nitrogens with zero attached hydrogens (tertiary/aromatic N) is 4. The number of aromatic nitrogens is 2. The maximum absolute atomic E-state index is 14.3. The van der Waals surface area contributed by atoms with Crippen molar-refractivity contribution in [2.45, 2.75) is 146 Å². The molecule has 0 spiro atoms. The number of hydrogen-bond donors (Lipinski definition) is 6. The van der Waals surface area contributed by atoms with Gasteiger partial charge in [-0.25, -0.2) is 14.4 Å². The van der Waals surface area contributed by atoms with Crippen LogP contribution in [0.1, 0.15) is 109 Å². The average molecular weight is 853 g/mol. The number of carbonyl (C=O) groups excluding carboxylic acids is 6. The minimum absolute atomic E-state index is 0.118. The number of imidazole rings is 1. The molecule has 1 aliphatic carbocycles. The van der Waals surface area contributed by atoms with Crippen LogP contribution in [0.4, 0.5) is 4.79 Å². The minimum atomic E-state index is -1.39. The Morgan fingerprint density at radius 3 is 2.31 bits per heavy atom. The monoisotopic (exact) mass is 852 g/mol. The van der Waals surface area contributed by atoms with E-state index in [1.165, 1.54) is 9.47 Å². The summed E-state index contributed by atoms with van der Waals surface area (Å²) in [5.41, 5.74) is 6.49. The van der Waals surface area contributed by atoms with Crippen molar-refractivity contribution in [3.8, 4) is 0 Å². The van der Waals surface area contributed by atoms with E-state index in [4.69, 9.17) is 10.5 Å². The molecule has 19 heteroatoms. The Morgan fingerprint density at radius 2 is 1.66 bits per heavy atom. The van der Waals surface area contributed by atoms with Crippen molar-refractivity contribution in [1.82, 2.24) is 34.9 Å². The number of benzene rings is 1. The number of nitrogens with two attached hydrogens (primary N) is 1. The molecule has 6 atom stereocenters. The average Bonchev–Trinajstić information content (AvgIpc) is 3.71. The Morgan fingerprint density at radius 1 is 0.951 bits per heavy atom. The molecule has 2 unspecified atom stereocenters. The van der Waals surface area contributed by atoms with Crippen LogP contribution in [0.2, 0.25) is 0 Å². The molecule has 7 N–H and O–H groups in total. The highest BCUT2D eigenvalue weighted by Gasteiger charge is 2.46. The topological polar surface area (TPSA) is 265 Å². The third-order valence-corrected chi connectivity index (χ3v) is 12.6. The van der Waals surface area contributed by atoms with Gasteiger partial charge in [-0.3, -0.25) is 33.1 Å². The Balaban J connectivity index is 1.08. The number of ether oxygens (including phenoxy) is 1. The first kappa shape index (κ1) is 45.1. The van der Waals surface area contributed by atoms with Gasteiger partial charge in [0.05, 0.1) is 17.6 Å². The van der Waals surface area contributed by atoms with Crippen LogP contribution in [0.5, 0.6) is 0 Å². The Hall–Kier alpha value is -5.46. The smallest absolute Gasteiger partial charge is 0.408 e. The molecule has 2 aromatic rings. The molecule has 3 saturated heterocycles. The highest BCUT2D eigenvalue weighted by molar-refractivity contribution is 5.94. The molecule has 334 valence electrons. The number of aliphatic carboxylic acids is 1. The van der Waals surface area contributed by atoms with E-state index in [9.17, 15) is 48.6 Å². The number of carbonyl (C=O) groups is 7. The number of aliphatic hydroxyl groups is 1. The van der Waals surface area contributed by atoms with Gasteiger partial charge in [-0.05, 0) is 121 Å². The molecule has 0 radical (unpaired) electrons. The van der Waals surface area contributed by atoms with Gasteiger partial charge in [-0.2, -0.15) is 0 Å². The summed E-state index contributed by atoms with van der Waals surface area (Å²) < 4.78 is 8.53. The second-order valence-corrected chi connectivity index (χ2v) is 18.2. The molecule has 61 heavy (non-hydrogen) atoms. The second-order valence-electron chi connectivity index (χ2n) is 18.2. The molecular weight excluding hydrogens is 793 g/mol. The van der Waals surface area contributed by atoms with E-state index in [1.807, 2.05) is 18.2 Å². The van der Waals surface area contributed by atoms with Crippen molar-refractivity contribution in [2.75, 3.05) is 13.1 Å². The number of hydrogen-bond acceptors (Lipinski definition) is 10. The lowest BCUT2D eigenvalue weighted by atomic mass is 9.78. The first-order valence-corrected chi connectivity index (χ1v) is 21.4.